The molecule has 5 aromatic carbocycles. The number of benzene rings is 5. The smallest absolute Gasteiger partial charge is 0.307 e. The predicted octanol–water partition coefficient (Wildman–Crippen LogP) is 3.79. The van der Waals surface area contributed by atoms with Crippen molar-refractivity contribution in [3.63, 3.8) is 0 Å². The van der Waals surface area contributed by atoms with Crippen LogP contribution in [0.15, 0.2) is 96.0 Å². The van der Waals surface area contributed by atoms with Crippen LogP contribution in [0.3, 0.4) is 0 Å². The molecule has 0 fully saturated rings. The van der Waals surface area contributed by atoms with Crippen LogP contribution in [0.4, 0.5) is 22.7 Å². The molecule has 73 heavy (non-hydrogen) atoms. The molecule has 4 heterocycles. The van der Waals surface area contributed by atoms with Crippen molar-refractivity contribution in [1.82, 2.24) is 21.3 Å². The number of para-hydroxylation sites is 2. The van der Waals surface area contributed by atoms with Gasteiger partial charge in [-0.3, -0.25) is 43.5 Å². The predicted molar refractivity (Wildman–Crippen MR) is 267 cm³/mol. The van der Waals surface area contributed by atoms with Gasteiger partial charge in [-0.1, -0.05) is 36.4 Å². The monoisotopic (exact) mass is 992 g/mol. The van der Waals surface area contributed by atoms with E-state index >= 15 is 0 Å². The summed E-state index contributed by atoms with van der Waals surface area (Å²) in [4.78, 5) is 98.5. The van der Waals surface area contributed by atoms with E-state index in [1.807, 2.05) is 53.4 Å². The summed E-state index contributed by atoms with van der Waals surface area (Å²) in [5, 5.41) is 13.2. The Labute approximate surface area is 419 Å². The number of nitrogens with zero attached hydrogens (tertiary/aromatic N) is 3. The van der Waals surface area contributed by atoms with Gasteiger partial charge in [0, 0.05) is 54.8 Å². The fourth-order valence-corrected chi connectivity index (χ4v) is 9.20. The second-order valence-electron chi connectivity index (χ2n) is 17.5. The lowest BCUT2D eigenvalue weighted by Crippen LogP contribution is -2.44. The lowest BCUT2D eigenvalue weighted by molar-refractivity contribution is -0.140. The molecule has 0 bridgehead atoms. The van der Waals surface area contributed by atoms with E-state index in [1.165, 1.54) is 21.3 Å². The summed E-state index contributed by atoms with van der Waals surface area (Å²) in [5.41, 5.74) is 6.83. The van der Waals surface area contributed by atoms with Crippen molar-refractivity contribution in [2.75, 3.05) is 69.2 Å². The average Bonchev–Trinajstić information content (AvgIpc) is 3.90. The fraction of sp³-hybridized carbons (Fsp3) is 0.283. The molecule has 2 atom stereocenters. The van der Waals surface area contributed by atoms with Gasteiger partial charge in [-0.15, -0.1) is 0 Å². The molecule has 0 saturated carbocycles. The van der Waals surface area contributed by atoms with Crippen molar-refractivity contribution in [1.29, 1.82) is 0 Å². The molecule has 0 radical (unpaired) electrons. The number of carbonyl (C=O) groups is 7. The van der Waals surface area contributed by atoms with Gasteiger partial charge < -0.3 is 55.2 Å². The maximum Gasteiger partial charge on any atom is 0.307 e. The van der Waals surface area contributed by atoms with Gasteiger partial charge in [0.15, 0.2) is 23.0 Å². The molecule has 0 unspecified atom stereocenters. The number of aliphatic imine (C=N–C) groups is 1. The molecule has 5 N–H and O–H groups in total. The van der Waals surface area contributed by atoms with Gasteiger partial charge >= 0.3 is 5.97 Å². The number of nitrogens with one attached hydrogen (secondary N) is 5. The Morgan fingerprint density at radius 2 is 1.22 bits per heavy atom. The molecular weight excluding hydrogens is 941 g/mol. The third-order valence-electron chi connectivity index (χ3n) is 12.8. The largest absolute Gasteiger partial charge is 0.493 e. The van der Waals surface area contributed by atoms with Crippen LogP contribution in [0.2, 0.25) is 0 Å². The fourth-order valence-electron chi connectivity index (χ4n) is 9.20. The molecule has 0 spiro atoms. The van der Waals surface area contributed by atoms with Crippen LogP contribution in [0.5, 0.6) is 23.0 Å². The topological polar surface area (TPSA) is 245 Å². The number of fused-ring (bicyclic) bond motifs is 8. The third kappa shape index (κ3) is 10.7. The summed E-state index contributed by atoms with van der Waals surface area (Å²) in [6, 6.07) is 26.9. The van der Waals surface area contributed by atoms with Gasteiger partial charge in [-0.25, -0.2) is 0 Å². The Kier molecular flexibility index (Phi) is 14.5. The summed E-state index contributed by atoms with van der Waals surface area (Å²) in [6.07, 6.45) is 3.07. The minimum absolute atomic E-state index is 0.0280. The van der Waals surface area contributed by atoms with Crippen LogP contribution < -0.4 is 55.3 Å². The number of ether oxygens (including phenoxy) is 5. The van der Waals surface area contributed by atoms with Gasteiger partial charge in [0.25, 0.3) is 17.7 Å². The molecule has 0 aromatic heterocycles. The number of anilines is 3. The number of hydrogen-bond acceptors (Lipinski definition) is 14. The van der Waals surface area contributed by atoms with E-state index in [9.17, 15) is 33.6 Å². The normalized spacial score (nSPS) is 15.6. The number of esters is 1. The first-order valence-electron chi connectivity index (χ1n) is 23.5. The summed E-state index contributed by atoms with van der Waals surface area (Å²) in [6.45, 7) is -0.973. The van der Waals surface area contributed by atoms with Crippen molar-refractivity contribution < 1.29 is 57.2 Å². The van der Waals surface area contributed by atoms with E-state index in [1.54, 1.807) is 53.6 Å². The zero-order valence-corrected chi connectivity index (χ0v) is 40.2. The summed E-state index contributed by atoms with van der Waals surface area (Å²) < 4.78 is 28.7. The first-order valence-corrected chi connectivity index (χ1v) is 23.5. The highest BCUT2D eigenvalue weighted by atomic mass is 16.5. The molecule has 9 rings (SSSR count). The molecule has 4 aliphatic rings. The first-order chi connectivity index (χ1) is 35.4. The maximum absolute atomic E-state index is 14.1. The third-order valence-corrected chi connectivity index (χ3v) is 12.8. The van der Waals surface area contributed by atoms with Crippen molar-refractivity contribution in [3.05, 3.63) is 130 Å². The Morgan fingerprint density at radius 3 is 1.88 bits per heavy atom. The summed E-state index contributed by atoms with van der Waals surface area (Å²) in [5.74, 6) is -2.15. The average molecular weight is 993 g/mol. The number of methoxy groups -OCH3 is 3. The highest BCUT2D eigenvalue weighted by molar-refractivity contribution is 6.15. The molecule has 20 nitrogen and oxygen atoms in total. The highest BCUT2D eigenvalue weighted by Gasteiger charge is 2.39. The standard InChI is InChI=1S/C53H52N8O12/c1-69-43-19-37-39(55-23-35-17-32-8-4-6-10-41(32)60(35)52(37)67)21-45(43)72-28-30-14-31(16-34(15-30)51(66)59-27-49(64)58-26-48(63)57-25-47(62)54-13-12-50(65)71-3)29-73-46-22-40-38(20-44(46)70-2)53(68)61-36(24-56-40)18-33-9-5-7-11-42(33)61/h4-11,14-16,19-23,35-36,56H,12-13,17-18,24-29H2,1-3H3,(H,54,62)(H,57,63)(H,58,64)(H,59,66)/t35-,36-/m0/s1. The van der Waals surface area contributed by atoms with Crippen molar-refractivity contribution in [2.24, 2.45) is 4.99 Å². The lowest BCUT2D eigenvalue weighted by Gasteiger charge is -2.22. The SMILES string of the molecule is COC(=O)CCNC(=O)CNC(=O)CNC(=O)CNC(=O)c1cc(COc2cc3c(cc2OC)C(=O)N2c4ccccc4C[C@H]2C=N3)cc(COc2cc3c(cc2OC)C(=O)N2c4ccccc4C[C@H]2CN3)c1. The Hall–Kier alpha value is -8.94. The molecule has 376 valence electrons. The van der Waals surface area contributed by atoms with Crippen LogP contribution in [-0.2, 0) is 50.0 Å². The van der Waals surface area contributed by atoms with Crippen molar-refractivity contribution in [2.45, 2.75) is 44.6 Å². The molecule has 6 amide bonds. The molecular formula is C53H52N8O12. The van der Waals surface area contributed by atoms with E-state index < -0.39 is 42.7 Å². The maximum atomic E-state index is 14.1. The van der Waals surface area contributed by atoms with Crippen LogP contribution in [0, 0.1) is 0 Å². The summed E-state index contributed by atoms with van der Waals surface area (Å²) >= 11 is 0. The Morgan fingerprint density at radius 1 is 0.644 bits per heavy atom. The second-order valence-corrected chi connectivity index (χ2v) is 17.5. The number of hydrogen-bond donors (Lipinski definition) is 5. The second kappa shape index (κ2) is 21.6. The van der Waals surface area contributed by atoms with Crippen LogP contribution in [0.25, 0.3) is 0 Å². The van der Waals surface area contributed by atoms with Gasteiger partial charge in [0.1, 0.15) is 13.2 Å². The molecule has 0 aliphatic carbocycles. The molecule has 5 aromatic rings. The number of rotatable bonds is 18. The van der Waals surface area contributed by atoms with Crippen molar-refractivity contribution >= 4 is 70.4 Å². The minimum atomic E-state index is -0.679. The quantitative estimate of drug-likeness (QED) is 0.0786. The minimum Gasteiger partial charge on any atom is -0.493 e. The van der Waals surface area contributed by atoms with Gasteiger partial charge in [0.2, 0.25) is 17.7 Å². The van der Waals surface area contributed by atoms with E-state index in [0.29, 0.717) is 70.3 Å². The van der Waals surface area contributed by atoms with Crippen LogP contribution in [0.1, 0.15) is 59.7 Å². The van der Waals surface area contributed by atoms with E-state index in [4.69, 9.17) is 23.9 Å². The Balaban J connectivity index is 0.908. The molecule has 0 saturated heterocycles. The summed E-state index contributed by atoms with van der Waals surface area (Å²) in [7, 11) is 4.18. The van der Waals surface area contributed by atoms with E-state index in [2.05, 4.69) is 31.3 Å². The Bertz CT molecular complexity index is 3070. The van der Waals surface area contributed by atoms with Crippen molar-refractivity contribution in [3.8, 4) is 23.0 Å². The van der Waals surface area contributed by atoms with E-state index in [-0.39, 0.29) is 67.9 Å². The number of carbonyl (C=O) groups excluding carboxylic acids is 7. The van der Waals surface area contributed by atoms with Gasteiger partial charge in [-0.2, -0.15) is 0 Å². The molecule has 4 aliphatic heterocycles. The van der Waals surface area contributed by atoms with Crippen LogP contribution >= 0.6 is 0 Å². The van der Waals surface area contributed by atoms with Gasteiger partial charge in [-0.05, 0) is 71.1 Å². The zero-order valence-electron chi connectivity index (χ0n) is 40.2. The molecule has 20 heteroatoms. The number of amides is 6. The lowest BCUT2D eigenvalue weighted by atomic mass is 10.1. The van der Waals surface area contributed by atoms with E-state index in [0.717, 1.165) is 22.5 Å². The first kappa shape index (κ1) is 49.1. The zero-order chi connectivity index (χ0) is 51.2. The highest BCUT2D eigenvalue weighted by Crippen LogP contribution is 2.43. The van der Waals surface area contributed by atoms with Crippen LogP contribution in [-0.4, -0.2) is 114 Å². The van der Waals surface area contributed by atoms with Gasteiger partial charge in [0.05, 0.1) is 82.0 Å².